The number of nitrogens with one attached hydrogen (secondary N) is 2. The smallest absolute Gasteiger partial charge is 0.417 e. The average Bonchev–Trinajstić information content (AvgIpc) is 3.21. The van der Waals surface area contributed by atoms with Gasteiger partial charge in [0.25, 0.3) is 15.9 Å². The van der Waals surface area contributed by atoms with Crippen molar-refractivity contribution >= 4 is 27.3 Å². The molecular formula is C21H15F3N2O5S. The molecule has 166 valence electrons. The number of sulfonamides is 1. The first kappa shape index (κ1) is 21.5. The molecule has 0 atom stereocenters. The molecule has 0 spiro atoms. The maximum Gasteiger partial charge on any atom is 0.417 e. The summed E-state index contributed by atoms with van der Waals surface area (Å²) in [7, 11) is -4.65. The minimum atomic E-state index is -4.87. The van der Waals surface area contributed by atoms with E-state index in [1.165, 1.54) is 36.4 Å². The summed E-state index contributed by atoms with van der Waals surface area (Å²) >= 11 is 0. The van der Waals surface area contributed by atoms with Crippen molar-refractivity contribution in [1.82, 2.24) is 0 Å². The van der Waals surface area contributed by atoms with E-state index >= 15 is 0 Å². The fraction of sp³-hybridized carbons (Fsp3) is 0.0952. The Bertz CT molecular complexity index is 1290. The number of para-hydroxylation sites is 1. The largest absolute Gasteiger partial charge is 0.454 e. The van der Waals surface area contributed by atoms with Crippen LogP contribution in [0.4, 0.5) is 24.5 Å². The van der Waals surface area contributed by atoms with E-state index in [1.807, 2.05) is 0 Å². The Morgan fingerprint density at radius 1 is 0.906 bits per heavy atom. The molecule has 1 aliphatic rings. The number of fused-ring (bicyclic) bond motifs is 1. The number of amides is 1. The van der Waals surface area contributed by atoms with Crippen molar-refractivity contribution in [3.05, 3.63) is 77.9 Å². The van der Waals surface area contributed by atoms with Gasteiger partial charge < -0.3 is 14.8 Å². The quantitative estimate of drug-likeness (QED) is 0.581. The lowest BCUT2D eigenvalue weighted by atomic mass is 10.1. The Morgan fingerprint density at radius 2 is 1.59 bits per heavy atom. The van der Waals surface area contributed by atoms with Gasteiger partial charge in [-0.25, -0.2) is 8.42 Å². The van der Waals surface area contributed by atoms with E-state index in [4.69, 9.17) is 9.47 Å². The van der Waals surface area contributed by atoms with Crippen LogP contribution in [0.5, 0.6) is 11.5 Å². The molecule has 0 unspecified atom stereocenters. The predicted molar refractivity (Wildman–Crippen MR) is 109 cm³/mol. The van der Waals surface area contributed by atoms with Gasteiger partial charge >= 0.3 is 6.18 Å². The highest BCUT2D eigenvalue weighted by Gasteiger charge is 2.37. The van der Waals surface area contributed by atoms with Crippen LogP contribution in [-0.2, 0) is 16.2 Å². The maximum absolute atomic E-state index is 13.3. The van der Waals surface area contributed by atoms with Crippen molar-refractivity contribution in [2.75, 3.05) is 16.8 Å². The lowest BCUT2D eigenvalue weighted by Crippen LogP contribution is -2.21. The minimum Gasteiger partial charge on any atom is -0.454 e. The van der Waals surface area contributed by atoms with E-state index in [1.54, 1.807) is 12.1 Å². The second-order valence-electron chi connectivity index (χ2n) is 6.67. The monoisotopic (exact) mass is 464 g/mol. The predicted octanol–water partition coefficient (Wildman–Crippen LogP) is 4.49. The SMILES string of the molecule is O=C(Nc1ccc2c(c1)OCO2)c1ccccc1NS(=O)(=O)c1ccccc1C(F)(F)F. The highest BCUT2D eigenvalue weighted by Crippen LogP contribution is 2.36. The zero-order valence-corrected chi connectivity index (χ0v) is 17.0. The summed E-state index contributed by atoms with van der Waals surface area (Å²) in [6.45, 7) is 0.0523. The highest BCUT2D eigenvalue weighted by molar-refractivity contribution is 7.92. The number of carbonyl (C=O) groups is 1. The van der Waals surface area contributed by atoms with Gasteiger partial charge in [-0.05, 0) is 36.4 Å². The van der Waals surface area contributed by atoms with E-state index in [9.17, 15) is 26.4 Å². The summed E-state index contributed by atoms with van der Waals surface area (Å²) in [5.74, 6) is 0.270. The van der Waals surface area contributed by atoms with Crippen molar-refractivity contribution in [2.24, 2.45) is 0 Å². The van der Waals surface area contributed by atoms with E-state index in [-0.39, 0.29) is 18.0 Å². The first-order chi connectivity index (χ1) is 15.1. The van der Waals surface area contributed by atoms with Crippen LogP contribution in [0.2, 0.25) is 0 Å². The highest BCUT2D eigenvalue weighted by atomic mass is 32.2. The molecule has 1 amide bonds. The third-order valence-corrected chi connectivity index (χ3v) is 5.95. The van der Waals surface area contributed by atoms with Gasteiger partial charge in [0.05, 0.1) is 21.7 Å². The molecule has 32 heavy (non-hydrogen) atoms. The van der Waals surface area contributed by atoms with Gasteiger partial charge in [-0.2, -0.15) is 13.2 Å². The van der Waals surface area contributed by atoms with Crippen LogP contribution in [0.15, 0.2) is 71.6 Å². The summed E-state index contributed by atoms with van der Waals surface area (Å²) in [5.41, 5.74) is -1.21. The van der Waals surface area contributed by atoms with Gasteiger partial charge in [0.15, 0.2) is 11.5 Å². The first-order valence-electron chi connectivity index (χ1n) is 9.14. The number of carbonyl (C=O) groups excluding carboxylic acids is 1. The number of benzene rings is 3. The molecule has 0 radical (unpaired) electrons. The van der Waals surface area contributed by atoms with Crippen molar-refractivity contribution in [1.29, 1.82) is 0 Å². The molecule has 1 heterocycles. The van der Waals surface area contributed by atoms with Crippen molar-refractivity contribution in [3.63, 3.8) is 0 Å². The van der Waals surface area contributed by atoms with Crippen LogP contribution in [0.3, 0.4) is 0 Å². The second-order valence-corrected chi connectivity index (χ2v) is 8.32. The Kier molecular flexibility index (Phi) is 5.43. The summed E-state index contributed by atoms with van der Waals surface area (Å²) in [6.07, 6.45) is -4.87. The van der Waals surface area contributed by atoms with Gasteiger partial charge in [0.1, 0.15) is 0 Å². The van der Waals surface area contributed by atoms with E-state index in [2.05, 4.69) is 10.0 Å². The van der Waals surface area contributed by atoms with Crippen molar-refractivity contribution in [2.45, 2.75) is 11.1 Å². The van der Waals surface area contributed by atoms with Crippen LogP contribution >= 0.6 is 0 Å². The third kappa shape index (κ3) is 4.33. The molecule has 3 aromatic rings. The van der Waals surface area contributed by atoms with Crippen LogP contribution in [0.25, 0.3) is 0 Å². The Morgan fingerprint density at radius 3 is 2.38 bits per heavy atom. The van der Waals surface area contributed by atoms with Gasteiger partial charge in [-0.1, -0.05) is 24.3 Å². The number of alkyl halides is 3. The number of rotatable bonds is 5. The van der Waals surface area contributed by atoms with Gasteiger partial charge in [-0.3, -0.25) is 9.52 Å². The minimum absolute atomic E-state index is 0.0523. The zero-order valence-electron chi connectivity index (χ0n) is 16.1. The molecule has 0 aliphatic carbocycles. The summed E-state index contributed by atoms with van der Waals surface area (Å²) < 4.78 is 77.9. The molecule has 11 heteroatoms. The number of anilines is 2. The summed E-state index contributed by atoms with van der Waals surface area (Å²) in [5, 5.41) is 2.60. The summed E-state index contributed by atoms with van der Waals surface area (Å²) in [6, 6.07) is 14.1. The lowest BCUT2D eigenvalue weighted by molar-refractivity contribution is -0.139. The standard InChI is InChI=1S/C21H15F3N2O5S/c22-21(23,24)15-6-2-4-8-19(15)32(28,29)26-16-7-3-1-5-14(16)20(27)25-13-9-10-17-18(11-13)31-12-30-17/h1-11,26H,12H2,(H,25,27). The number of ether oxygens (including phenoxy) is 2. The van der Waals surface area contributed by atoms with Crippen LogP contribution in [0, 0.1) is 0 Å². The molecular weight excluding hydrogens is 449 g/mol. The Balaban J connectivity index is 1.62. The molecule has 1 aliphatic heterocycles. The van der Waals surface area contributed by atoms with Gasteiger partial charge in [0.2, 0.25) is 6.79 Å². The molecule has 0 fully saturated rings. The van der Waals surface area contributed by atoms with Crippen molar-refractivity contribution < 1.29 is 35.9 Å². The molecule has 3 aromatic carbocycles. The normalized spacial score (nSPS) is 13.0. The molecule has 0 aromatic heterocycles. The molecule has 4 rings (SSSR count). The van der Waals surface area contributed by atoms with Gasteiger partial charge in [0, 0.05) is 11.8 Å². The van der Waals surface area contributed by atoms with E-state index in [0.717, 1.165) is 12.1 Å². The number of hydrogen-bond donors (Lipinski definition) is 2. The maximum atomic E-state index is 13.3. The van der Waals surface area contributed by atoms with E-state index in [0.29, 0.717) is 23.3 Å². The molecule has 7 nitrogen and oxygen atoms in total. The molecule has 0 saturated carbocycles. The Hall–Kier alpha value is -3.73. The lowest BCUT2D eigenvalue weighted by Gasteiger charge is -2.16. The first-order valence-corrected chi connectivity index (χ1v) is 10.6. The Labute approximate surface area is 180 Å². The van der Waals surface area contributed by atoms with Crippen LogP contribution in [-0.4, -0.2) is 21.1 Å². The fourth-order valence-corrected chi connectivity index (χ4v) is 4.39. The molecule has 0 bridgehead atoms. The second kappa shape index (κ2) is 8.08. The number of halogens is 3. The topological polar surface area (TPSA) is 93.7 Å². The fourth-order valence-electron chi connectivity index (χ4n) is 3.08. The summed E-state index contributed by atoms with van der Waals surface area (Å²) in [4.78, 5) is 11.8. The van der Waals surface area contributed by atoms with Crippen LogP contribution in [0.1, 0.15) is 15.9 Å². The van der Waals surface area contributed by atoms with Crippen LogP contribution < -0.4 is 19.5 Å². The molecule has 2 N–H and O–H groups in total. The molecule has 0 saturated heterocycles. The third-order valence-electron chi connectivity index (χ3n) is 4.53. The zero-order chi connectivity index (χ0) is 22.9. The number of hydrogen-bond acceptors (Lipinski definition) is 5. The van der Waals surface area contributed by atoms with Gasteiger partial charge in [-0.15, -0.1) is 0 Å². The van der Waals surface area contributed by atoms with Crippen molar-refractivity contribution in [3.8, 4) is 11.5 Å². The average molecular weight is 464 g/mol. The van der Waals surface area contributed by atoms with E-state index < -0.39 is 32.6 Å².